The normalized spacial score (nSPS) is 10.7. The fourth-order valence-corrected chi connectivity index (χ4v) is 1.63. The highest BCUT2D eigenvalue weighted by Gasteiger charge is 2.04. The first-order valence-electron chi connectivity index (χ1n) is 4.88. The van der Waals surface area contributed by atoms with Crippen molar-refractivity contribution in [3.63, 3.8) is 0 Å². The summed E-state index contributed by atoms with van der Waals surface area (Å²) in [6.45, 7) is 3.42. The lowest BCUT2D eigenvalue weighted by Gasteiger charge is -2.14. The van der Waals surface area contributed by atoms with E-state index in [1.165, 1.54) is 5.56 Å². The van der Waals surface area contributed by atoms with Crippen molar-refractivity contribution in [1.82, 2.24) is 4.90 Å². The number of rotatable bonds is 5. The minimum Gasteiger partial charge on any atom is -0.492 e. The lowest BCUT2D eigenvalue weighted by atomic mass is 10.2. The Morgan fingerprint density at radius 1 is 1.47 bits per heavy atom. The number of benzene rings is 1. The molecular formula is C11H16ClNOS. The molecule has 0 N–H and O–H groups in total. The molecule has 0 saturated heterocycles. The largest absolute Gasteiger partial charge is 0.492 e. The fourth-order valence-electron chi connectivity index (χ4n) is 1.28. The first kappa shape index (κ1) is 12.7. The molecule has 0 radical (unpaired) electrons. The van der Waals surface area contributed by atoms with Gasteiger partial charge in [0.25, 0.3) is 0 Å². The van der Waals surface area contributed by atoms with Gasteiger partial charge in [0.2, 0.25) is 0 Å². The second-order valence-electron chi connectivity index (χ2n) is 3.35. The second-order valence-corrected chi connectivity index (χ2v) is 4.04. The predicted octanol–water partition coefficient (Wildman–Crippen LogP) is 3.06. The molecule has 0 atom stereocenters. The number of thiol groups is 1. The molecule has 0 fully saturated rings. The molecule has 0 aliphatic rings. The van der Waals surface area contributed by atoms with Crippen LogP contribution in [0.4, 0.5) is 0 Å². The molecule has 1 rings (SSSR count). The number of hydrogen-bond donors (Lipinski definition) is 1. The van der Waals surface area contributed by atoms with E-state index in [0.717, 1.165) is 18.2 Å². The standard InChI is InChI=1S/C11H16ClNOS/c1-3-14-11-5-4-9(6-10(11)12)7-13(2)8-15/h4-6,15H,3,7-8H2,1-2H3. The zero-order valence-electron chi connectivity index (χ0n) is 9.03. The third kappa shape index (κ3) is 3.93. The molecule has 4 heteroatoms. The van der Waals surface area contributed by atoms with Gasteiger partial charge in [-0.25, -0.2) is 0 Å². The molecular weight excluding hydrogens is 230 g/mol. The van der Waals surface area contributed by atoms with Crippen molar-refractivity contribution in [2.24, 2.45) is 0 Å². The van der Waals surface area contributed by atoms with Gasteiger partial charge >= 0.3 is 0 Å². The van der Waals surface area contributed by atoms with Gasteiger partial charge in [0, 0.05) is 12.4 Å². The summed E-state index contributed by atoms with van der Waals surface area (Å²) < 4.78 is 5.36. The molecule has 84 valence electrons. The van der Waals surface area contributed by atoms with E-state index in [9.17, 15) is 0 Å². The van der Waals surface area contributed by atoms with Crippen LogP contribution in [0.2, 0.25) is 5.02 Å². The highest BCUT2D eigenvalue weighted by Crippen LogP contribution is 2.25. The fraction of sp³-hybridized carbons (Fsp3) is 0.455. The highest BCUT2D eigenvalue weighted by molar-refractivity contribution is 7.80. The maximum Gasteiger partial charge on any atom is 0.137 e. The molecule has 15 heavy (non-hydrogen) atoms. The first-order valence-corrected chi connectivity index (χ1v) is 5.89. The highest BCUT2D eigenvalue weighted by atomic mass is 35.5. The molecule has 0 aliphatic heterocycles. The number of hydrogen-bond acceptors (Lipinski definition) is 3. The van der Waals surface area contributed by atoms with Crippen LogP contribution >= 0.6 is 24.2 Å². The Kier molecular flexibility index (Phi) is 5.29. The maximum absolute atomic E-state index is 6.07. The van der Waals surface area contributed by atoms with Gasteiger partial charge in [0.1, 0.15) is 5.75 Å². The summed E-state index contributed by atoms with van der Waals surface area (Å²) in [5.41, 5.74) is 1.17. The Morgan fingerprint density at radius 3 is 2.73 bits per heavy atom. The Balaban J connectivity index is 2.73. The summed E-state index contributed by atoms with van der Waals surface area (Å²) in [5.74, 6) is 1.47. The van der Waals surface area contributed by atoms with E-state index in [0.29, 0.717) is 11.6 Å². The zero-order valence-corrected chi connectivity index (χ0v) is 10.7. The van der Waals surface area contributed by atoms with Gasteiger partial charge in [0.05, 0.1) is 11.6 Å². The van der Waals surface area contributed by atoms with Crippen molar-refractivity contribution in [1.29, 1.82) is 0 Å². The second kappa shape index (κ2) is 6.26. The van der Waals surface area contributed by atoms with Crippen LogP contribution in [0.25, 0.3) is 0 Å². The quantitative estimate of drug-likeness (QED) is 0.632. The van der Waals surface area contributed by atoms with Gasteiger partial charge in [-0.2, -0.15) is 12.6 Å². The maximum atomic E-state index is 6.07. The van der Waals surface area contributed by atoms with Crippen LogP contribution < -0.4 is 4.74 Å². The zero-order chi connectivity index (χ0) is 11.3. The molecule has 0 aliphatic carbocycles. The molecule has 0 bridgehead atoms. The Bertz CT molecular complexity index is 319. The van der Waals surface area contributed by atoms with E-state index in [4.69, 9.17) is 16.3 Å². The van der Waals surface area contributed by atoms with Crippen LogP contribution in [0.1, 0.15) is 12.5 Å². The van der Waals surface area contributed by atoms with Crippen molar-refractivity contribution >= 4 is 24.2 Å². The molecule has 0 amide bonds. The summed E-state index contributed by atoms with van der Waals surface area (Å²) in [6, 6.07) is 5.87. The van der Waals surface area contributed by atoms with Crippen molar-refractivity contribution in [3.05, 3.63) is 28.8 Å². The molecule has 0 heterocycles. The molecule has 2 nitrogen and oxygen atoms in total. The van der Waals surface area contributed by atoms with Crippen LogP contribution in [-0.2, 0) is 6.54 Å². The summed E-state index contributed by atoms with van der Waals surface area (Å²) in [7, 11) is 2.01. The third-order valence-corrected chi connectivity index (χ3v) is 2.77. The van der Waals surface area contributed by atoms with Gasteiger partial charge in [0.15, 0.2) is 0 Å². The number of ether oxygens (including phenoxy) is 1. The Hall–Kier alpha value is -0.380. The van der Waals surface area contributed by atoms with Crippen molar-refractivity contribution in [3.8, 4) is 5.75 Å². The third-order valence-electron chi connectivity index (χ3n) is 1.99. The van der Waals surface area contributed by atoms with Gasteiger partial charge in [-0.1, -0.05) is 17.7 Å². The molecule has 0 saturated carbocycles. The summed E-state index contributed by atoms with van der Waals surface area (Å²) in [4.78, 5) is 2.09. The molecule has 1 aromatic carbocycles. The van der Waals surface area contributed by atoms with E-state index < -0.39 is 0 Å². The van der Waals surface area contributed by atoms with E-state index in [-0.39, 0.29) is 0 Å². The number of nitrogens with zero attached hydrogens (tertiary/aromatic N) is 1. The summed E-state index contributed by atoms with van der Waals surface area (Å²) >= 11 is 10.3. The topological polar surface area (TPSA) is 12.5 Å². The predicted molar refractivity (Wildman–Crippen MR) is 67.9 cm³/mol. The first-order chi connectivity index (χ1) is 7.17. The van der Waals surface area contributed by atoms with E-state index in [2.05, 4.69) is 17.5 Å². The van der Waals surface area contributed by atoms with Gasteiger partial charge in [-0.15, -0.1) is 0 Å². The summed E-state index contributed by atoms with van der Waals surface area (Å²) in [5, 5.41) is 0.668. The SMILES string of the molecule is CCOc1ccc(CN(C)CS)cc1Cl. The molecule has 1 aromatic rings. The summed E-state index contributed by atoms with van der Waals surface area (Å²) in [6.07, 6.45) is 0. The smallest absolute Gasteiger partial charge is 0.137 e. The minimum atomic E-state index is 0.635. The molecule has 0 aromatic heterocycles. The number of halogens is 1. The van der Waals surface area contributed by atoms with E-state index >= 15 is 0 Å². The lowest BCUT2D eigenvalue weighted by molar-refractivity contribution is 0.340. The van der Waals surface area contributed by atoms with Crippen LogP contribution in [0, 0.1) is 0 Å². The Morgan fingerprint density at radius 2 is 2.20 bits per heavy atom. The van der Waals surface area contributed by atoms with Crippen molar-refractivity contribution < 1.29 is 4.74 Å². The lowest BCUT2D eigenvalue weighted by Crippen LogP contribution is -2.15. The Labute approximate surface area is 102 Å². The molecule has 0 spiro atoms. The average Bonchev–Trinajstić information content (AvgIpc) is 2.22. The van der Waals surface area contributed by atoms with E-state index in [1.807, 2.05) is 32.2 Å². The van der Waals surface area contributed by atoms with Crippen LogP contribution in [0.5, 0.6) is 5.75 Å². The minimum absolute atomic E-state index is 0.635. The van der Waals surface area contributed by atoms with Gasteiger partial charge in [-0.05, 0) is 31.7 Å². The van der Waals surface area contributed by atoms with Crippen molar-refractivity contribution in [2.75, 3.05) is 19.5 Å². The van der Waals surface area contributed by atoms with Crippen LogP contribution in [-0.4, -0.2) is 24.4 Å². The van der Waals surface area contributed by atoms with Crippen LogP contribution in [0.3, 0.4) is 0 Å². The van der Waals surface area contributed by atoms with Gasteiger partial charge in [-0.3, -0.25) is 4.90 Å². The van der Waals surface area contributed by atoms with Gasteiger partial charge < -0.3 is 4.74 Å². The van der Waals surface area contributed by atoms with Crippen LogP contribution in [0.15, 0.2) is 18.2 Å². The van der Waals surface area contributed by atoms with Crippen molar-refractivity contribution in [2.45, 2.75) is 13.5 Å². The molecule has 0 unspecified atom stereocenters. The monoisotopic (exact) mass is 245 g/mol. The van der Waals surface area contributed by atoms with E-state index in [1.54, 1.807) is 0 Å². The average molecular weight is 246 g/mol.